The van der Waals surface area contributed by atoms with Crippen molar-refractivity contribution in [3.63, 3.8) is 0 Å². The maximum atomic E-state index is 9.97. The number of hydrogen-bond donors (Lipinski definition) is 0. The van der Waals surface area contributed by atoms with Gasteiger partial charge < -0.3 is 0 Å². The van der Waals surface area contributed by atoms with Crippen molar-refractivity contribution in [3.8, 4) is 0 Å². The first-order chi connectivity index (χ1) is 6.24. The molecule has 0 heterocycles. The molecule has 0 saturated heterocycles. The van der Waals surface area contributed by atoms with Gasteiger partial charge in [0.05, 0.1) is 0 Å². The van der Waals surface area contributed by atoms with Crippen molar-refractivity contribution < 1.29 is 14.4 Å². The molecule has 0 aliphatic carbocycles. The molecule has 0 radical (unpaired) electrons. The standard InChI is InChI=1S/C5H3GeN3O3S/c1-2-13-6(7-3-10,8-4-11)9-5-12/h2H,1H2. The van der Waals surface area contributed by atoms with Crippen LogP contribution in [-0.4, -0.2) is 31.0 Å². The Hall–Kier alpha value is -1.23. The van der Waals surface area contributed by atoms with E-state index in [0.29, 0.717) is 0 Å². The van der Waals surface area contributed by atoms with Gasteiger partial charge in [-0.15, -0.1) is 0 Å². The molecule has 0 spiro atoms. The molecule has 0 saturated carbocycles. The number of isocyanates is 3. The molecule has 0 N–H and O–H groups in total. The van der Waals surface area contributed by atoms with Crippen molar-refractivity contribution in [2.45, 2.75) is 0 Å². The number of hydrogen-bond acceptors (Lipinski definition) is 7. The van der Waals surface area contributed by atoms with E-state index in [1.165, 1.54) is 23.6 Å². The Morgan fingerprint density at radius 3 is 1.69 bits per heavy atom. The molecule has 0 fully saturated rings. The van der Waals surface area contributed by atoms with Crippen LogP contribution in [0.5, 0.6) is 0 Å². The average molecular weight is 258 g/mol. The first-order valence-electron chi connectivity index (χ1n) is 2.80. The van der Waals surface area contributed by atoms with Crippen molar-refractivity contribution in [2.24, 2.45) is 11.8 Å². The molecule has 0 aromatic rings. The Kier molecular flexibility index (Phi) is 5.71. The number of carbonyl (C=O) groups excluding carboxylic acids is 3. The molecule has 0 rings (SSSR count). The Morgan fingerprint density at radius 1 is 1.08 bits per heavy atom. The summed E-state index contributed by atoms with van der Waals surface area (Å²) in [6, 6.07) is 0. The van der Waals surface area contributed by atoms with E-state index in [-0.39, 0.29) is 0 Å². The van der Waals surface area contributed by atoms with Crippen LogP contribution in [0.3, 0.4) is 0 Å². The van der Waals surface area contributed by atoms with E-state index in [1.54, 1.807) is 0 Å². The van der Waals surface area contributed by atoms with Crippen LogP contribution in [0.2, 0.25) is 0 Å². The fourth-order valence-electron chi connectivity index (χ4n) is 0.444. The molecule has 6 nitrogen and oxygen atoms in total. The summed E-state index contributed by atoms with van der Waals surface area (Å²) in [6.45, 7) is 3.33. The molecule has 0 atom stereocenters. The van der Waals surface area contributed by atoms with Gasteiger partial charge in [0, 0.05) is 0 Å². The second-order valence-electron chi connectivity index (χ2n) is 1.47. The van der Waals surface area contributed by atoms with E-state index in [0.717, 1.165) is 10.1 Å². The molecule has 13 heavy (non-hydrogen) atoms. The van der Waals surface area contributed by atoms with E-state index < -0.39 is 12.8 Å². The Morgan fingerprint density at radius 2 is 1.46 bits per heavy atom. The van der Waals surface area contributed by atoms with Gasteiger partial charge in [0.2, 0.25) is 0 Å². The van der Waals surface area contributed by atoms with Crippen molar-refractivity contribution in [3.05, 3.63) is 12.0 Å². The zero-order chi connectivity index (χ0) is 10.2. The summed E-state index contributed by atoms with van der Waals surface area (Å²) in [4.78, 5) is 29.9. The average Bonchev–Trinajstić information content (AvgIpc) is 2.06. The molecule has 0 aromatic carbocycles. The fraction of sp³-hybridized carbons (Fsp3) is 0. The summed E-state index contributed by atoms with van der Waals surface area (Å²) in [5.74, 6) is 0. The summed E-state index contributed by atoms with van der Waals surface area (Å²) in [7, 11) is 0.861. The molecule has 0 amide bonds. The van der Waals surface area contributed by atoms with Crippen molar-refractivity contribution in [1.82, 2.24) is 0 Å². The summed E-state index contributed by atoms with van der Waals surface area (Å²) in [6.07, 6.45) is 3.62. The van der Waals surface area contributed by atoms with Gasteiger partial charge in [-0.3, -0.25) is 0 Å². The molecule has 0 aliphatic rings. The molecular weight excluding hydrogens is 255 g/mol. The number of rotatable bonds is 5. The van der Waals surface area contributed by atoms with Crippen LogP contribution in [0.15, 0.2) is 23.8 Å². The van der Waals surface area contributed by atoms with Gasteiger partial charge >= 0.3 is 79.3 Å². The second-order valence-corrected chi connectivity index (χ2v) is 10.2. The Balaban J connectivity index is 5.24. The van der Waals surface area contributed by atoms with Gasteiger partial charge in [0.1, 0.15) is 0 Å². The SMILES string of the molecule is C=C[S][Ge]([N]=C=O)([N]=C=O)[N]=C=O. The third-order valence-electron chi connectivity index (χ3n) is 0.815. The topological polar surface area (TPSA) is 88.3 Å². The van der Waals surface area contributed by atoms with Crippen molar-refractivity contribution >= 4 is 41.1 Å². The molecule has 0 aromatic heterocycles. The summed E-state index contributed by atoms with van der Waals surface area (Å²) in [5.41, 5.74) is 0. The molecule has 66 valence electrons. The number of nitrogens with zero attached hydrogens (tertiary/aromatic N) is 3. The van der Waals surface area contributed by atoms with Crippen LogP contribution < -0.4 is 0 Å². The Labute approximate surface area is 79.6 Å². The van der Waals surface area contributed by atoms with Crippen LogP contribution in [0.4, 0.5) is 0 Å². The minimum absolute atomic E-state index is 0.861. The van der Waals surface area contributed by atoms with E-state index in [4.69, 9.17) is 0 Å². The summed E-state index contributed by atoms with van der Waals surface area (Å²) in [5, 5.41) is 1.29. The molecule has 0 bridgehead atoms. The summed E-state index contributed by atoms with van der Waals surface area (Å²) < 4.78 is 9.72. The van der Waals surface area contributed by atoms with Crippen LogP contribution in [-0.2, 0) is 14.4 Å². The van der Waals surface area contributed by atoms with E-state index in [2.05, 4.69) is 18.4 Å². The van der Waals surface area contributed by atoms with Gasteiger partial charge in [-0.05, 0) is 0 Å². The normalized spacial score (nSPS) is 12.3. The third-order valence-corrected chi connectivity index (χ3v) is 8.17. The van der Waals surface area contributed by atoms with Crippen LogP contribution in [0.25, 0.3) is 0 Å². The molecule has 0 aliphatic heterocycles. The van der Waals surface area contributed by atoms with E-state index in [9.17, 15) is 14.4 Å². The van der Waals surface area contributed by atoms with Gasteiger partial charge in [0.25, 0.3) is 0 Å². The monoisotopic (exact) mass is 259 g/mol. The van der Waals surface area contributed by atoms with Crippen molar-refractivity contribution in [2.75, 3.05) is 0 Å². The van der Waals surface area contributed by atoms with Gasteiger partial charge in [0.15, 0.2) is 0 Å². The van der Waals surface area contributed by atoms with Gasteiger partial charge in [-0.2, -0.15) is 0 Å². The zero-order valence-electron chi connectivity index (χ0n) is 6.26. The third kappa shape index (κ3) is 3.80. The first-order valence-corrected chi connectivity index (χ1v) is 9.07. The molecule has 8 heteroatoms. The minimum atomic E-state index is -3.92. The fourth-order valence-corrected chi connectivity index (χ4v) is 4.87. The van der Waals surface area contributed by atoms with E-state index in [1.807, 2.05) is 0 Å². The predicted octanol–water partition coefficient (Wildman–Crippen LogP) is 0.306. The van der Waals surface area contributed by atoms with Crippen LogP contribution in [0.1, 0.15) is 0 Å². The Bertz CT molecular complexity index is 293. The second kappa shape index (κ2) is 6.31. The first kappa shape index (κ1) is 11.8. The maximum absolute atomic E-state index is 9.97. The quantitative estimate of drug-likeness (QED) is 0.403. The zero-order valence-corrected chi connectivity index (χ0v) is 9.17. The molecular formula is C5H3GeN3O3S. The van der Waals surface area contributed by atoms with Crippen molar-refractivity contribution in [1.29, 1.82) is 0 Å². The van der Waals surface area contributed by atoms with Crippen LogP contribution in [0, 0.1) is 0 Å². The van der Waals surface area contributed by atoms with Gasteiger partial charge in [-0.1, -0.05) is 0 Å². The van der Waals surface area contributed by atoms with Gasteiger partial charge in [-0.25, -0.2) is 0 Å². The van der Waals surface area contributed by atoms with E-state index >= 15 is 0 Å². The predicted molar refractivity (Wildman–Crippen MR) is 47.9 cm³/mol. The molecule has 0 unspecified atom stereocenters. The van der Waals surface area contributed by atoms with Crippen LogP contribution >= 0.6 is 10.1 Å². The summed E-state index contributed by atoms with van der Waals surface area (Å²) >= 11 is -3.92.